The minimum atomic E-state index is -1.81. The molecule has 168 valence electrons. The molecule has 1 aromatic rings. The highest BCUT2D eigenvalue weighted by molar-refractivity contribution is 6.29. The fraction of sp³-hybridized carbons (Fsp3) is 0.636. The second-order valence-electron chi connectivity index (χ2n) is 7.41. The standard InChI is InChI=1S/C22H33NO7/c1-3-4-5-6-7-8-9-10-11-12-17(25)19(26)18-16(14-24)13-23-15(2)20(18)30-22(29)21(27)28/h13,19,24,26H,3-12,14H2,1-2H3,(H,27,28). The quantitative estimate of drug-likeness (QED) is 0.235. The first-order valence-electron chi connectivity index (χ1n) is 10.6. The van der Waals surface area contributed by atoms with Gasteiger partial charge in [0.25, 0.3) is 0 Å². The minimum Gasteiger partial charge on any atom is -0.473 e. The average Bonchev–Trinajstić information content (AvgIpc) is 2.72. The summed E-state index contributed by atoms with van der Waals surface area (Å²) in [7, 11) is 0. The van der Waals surface area contributed by atoms with Crippen LogP contribution in [0.3, 0.4) is 0 Å². The molecule has 1 rings (SSSR count). The summed E-state index contributed by atoms with van der Waals surface area (Å²) >= 11 is 0. The summed E-state index contributed by atoms with van der Waals surface area (Å²) in [4.78, 5) is 38.7. The molecule has 0 aliphatic rings. The first-order chi connectivity index (χ1) is 14.3. The van der Waals surface area contributed by atoms with Crippen LogP contribution in [-0.2, 0) is 21.0 Å². The number of carboxylic acids is 1. The molecule has 0 aliphatic heterocycles. The average molecular weight is 424 g/mol. The fourth-order valence-corrected chi connectivity index (χ4v) is 3.24. The van der Waals surface area contributed by atoms with Crippen molar-refractivity contribution < 1.29 is 34.4 Å². The Morgan fingerprint density at radius 2 is 1.60 bits per heavy atom. The lowest BCUT2D eigenvalue weighted by Crippen LogP contribution is -2.23. The smallest absolute Gasteiger partial charge is 0.422 e. The van der Waals surface area contributed by atoms with Gasteiger partial charge in [0.1, 0.15) is 6.10 Å². The summed E-state index contributed by atoms with van der Waals surface area (Å²) in [6.07, 6.45) is 9.54. The van der Waals surface area contributed by atoms with Crippen molar-refractivity contribution in [3.8, 4) is 5.75 Å². The molecule has 3 N–H and O–H groups in total. The summed E-state index contributed by atoms with van der Waals surface area (Å²) in [5.74, 6) is -4.16. The largest absolute Gasteiger partial charge is 0.473 e. The number of carboxylic acid groups (broad SMARTS) is 1. The number of ketones is 1. The first kappa shape index (κ1) is 25.7. The van der Waals surface area contributed by atoms with E-state index in [9.17, 15) is 24.6 Å². The molecule has 8 nitrogen and oxygen atoms in total. The molecular formula is C22H33NO7. The Morgan fingerprint density at radius 3 is 2.13 bits per heavy atom. The Hall–Kier alpha value is -2.32. The van der Waals surface area contributed by atoms with E-state index in [2.05, 4.69) is 11.9 Å². The van der Waals surface area contributed by atoms with E-state index in [0.717, 1.165) is 19.3 Å². The van der Waals surface area contributed by atoms with Crippen LogP contribution in [0.5, 0.6) is 5.75 Å². The predicted molar refractivity (Wildman–Crippen MR) is 110 cm³/mol. The Balaban J connectivity index is 2.69. The van der Waals surface area contributed by atoms with Crippen molar-refractivity contribution in [2.24, 2.45) is 0 Å². The molecule has 1 heterocycles. The zero-order valence-corrected chi connectivity index (χ0v) is 17.9. The monoisotopic (exact) mass is 423 g/mol. The van der Waals surface area contributed by atoms with Gasteiger partial charge in [-0.1, -0.05) is 58.3 Å². The maximum absolute atomic E-state index is 12.5. The van der Waals surface area contributed by atoms with E-state index in [1.165, 1.54) is 45.2 Å². The van der Waals surface area contributed by atoms with Gasteiger partial charge in [0, 0.05) is 23.7 Å². The molecule has 1 atom stereocenters. The molecule has 30 heavy (non-hydrogen) atoms. The highest BCUT2D eigenvalue weighted by Gasteiger charge is 2.28. The summed E-state index contributed by atoms with van der Waals surface area (Å²) in [6, 6.07) is 0. The van der Waals surface area contributed by atoms with Gasteiger partial charge in [-0.3, -0.25) is 9.78 Å². The predicted octanol–water partition coefficient (Wildman–Crippen LogP) is 3.40. The van der Waals surface area contributed by atoms with Crippen LogP contribution in [0, 0.1) is 6.92 Å². The van der Waals surface area contributed by atoms with Crippen LogP contribution in [0.15, 0.2) is 6.20 Å². The second kappa shape index (κ2) is 13.8. The number of rotatable bonds is 14. The highest BCUT2D eigenvalue weighted by atomic mass is 16.6. The fourth-order valence-electron chi connectivity index (χ4n) is 3.24. The molecule has 0 aliphatic carbocycles. The number of hydrogen-bond donors (Lipinski definition) is 3. The molecule has 1 aromatic heterocycles. The van der Waals surface area contributed by atoms with Gasteiger partial charge < -0.3 is 20.1 Å². The van der Waals surface area contributed by atoms with Crippen LogP contribution in [-0.4, -0.2) is 38.0 Å². The third-order valence-corrected chi connectivity index (χ3v) is 4.98. The van der Waals surface area contributed by atoms with Crippen molar-refractivity contribution in [2.75, 3.05) is 0 Å². The van der Waals surface area contributed by atoms with Gasteiger partial charge in [-0.05, 0) is 13.3 Å². The van der Waals surface area contributed by atoms with Gasteiger partial charge in [-0.15, -0.1) is 0 Å². The zero-order valence-electron chi connectivity index (χ0n) is 17.9. The van der Waals surface area contributed by atoms with E-state index in [1.54, 1.807) is 0 Å². The van der Waals surface area contributed by atoms with Gasteiger partial charge in [0.2, 0.25) is 0 Å². The molecule has 1 unspecified atom stereocenters. The van der Waals surface area contributed by atoms with Crippen LogP contribution in [0.4, 0.5) is 0 Å². The number of aryl methyl sites for hydroxylation is 1. The number of unbranched alkanes of at least 4 members (excludes halogenated alkanes) is 8. The van der Waals surface area contributed by atoms with Crippen LogP contribution < -0.4 is 4.74 Å². The Bertz CT molecular complexity index is 718. The van der Waals surface area contributed by atoms with E-state index in [4.69, 9.17) is 9.84 Å². The van der Waals surface area contributed by atoms with Crippen LogP contribution in [0.25, 0.3) is 0 Å². The van der Waals surface area contributed by atoms with Crippen molar-refractivity contribution in [3.63, 3.8) is 0 Å². The van der Waals surface area contributed by atoms with Crippen molar-refractivity contribution in [1.82, 2.24) is 4.98 Å². The van der Waals surface area contributed by atoms with Gasteiger partial charge in [0.05, 0.1) is 12.3 Å². The molecule has 0 bridgehead atoms. The molecule has 0 saturated carbocycles. The molecule has 0 radical (unpaired) electrons. The lowest BCUT2D eigenvalue weighted by atomic mass is 9.96. The number of aliphatic hydroxyl groups is 2. The number of carbonyl (C=O) groups excluding carboxylic acids is 2. The van der Waals surface area contributed by atoms with Crippen molar-refractivity contribution in [1.29, 1.82) is 0 Å². The van der Waals surface area contributed by atoms with Crippen LogP contribution in [0.2, 0.25) is 0 Å². The van der Waals surface area contributed by atoms with Crippen molar-refractivity contribution >= 4 is 17.7 Å². The molecule has 8 heteroatoms. The van der Waals surface area contributed by atoms with Crippen molar-refractivity contribution in [2.45, 2.75) is 90.8 Å². The van der Waals surface area contributed by atoms with E-state index < -0.39 is 30.4 Å². The van der Waals surface area contributed by atoms with Crippen LogP contribution >= 0.6 is 0 Å². The number of ether oxygens (including phenoxy) is 1. The number of carbonyl (C=O) groups is 3. The highest BCUT2D eigenvalue weighted by Crippen LogP contribution is 2.33. The SMILES string of the molecule is CCCCCCCCCCCC(=O)C(O)c1c(CO)cnc(C)c1OC(=O)C(=O)O. The maximum atomic E-state index is 12.5. The van der Waals surface area contributed by atoms with Gasteiger partial charge in [-0.2, -0.15) is 0 Å². The van der Waals surface area contributed by atoms with E-state index >= 15 is 0 Å². The van der Waals surface area contributed by atoms with Crippen molar-refractivity contribution in [3.05, 3.63) is 23.0 Å². The zero-order chi connectivity index (χ0) is 22.5. The molecule has 0 amide bonds. The third-order valence-electron chi connectivity index (χ3n) is 4.98. The molecule has 0 saturated heterocycles. The lowest BCUT2D eigenvalue weighted by molar-refractivity contribution is -0.158. The Morgan fingerprint density at radius 1 is 1.03 bits per heavy atom. The van der Waals surface area contributed by atoms with Crippen LogP contribution in [0.1, 0.15) is 94.1 Å². The summed E-state index contributed by atoms with van der Waals surface area (Å²) < 4.78 is 4.83. The van der Waals surface area contributed by atoms with Gasteiger partial charge in [0.15, 0.2) is 11.5 Å². The number of aliphatic hydroxyl groups excluding tert-OH is 2. The molecule has 0 aromatic carbocycles. The van der Waals surface area contributed by atoms with E-state index in [0.29, 0.717) is 6.42 Å². The van der Waals surface area contributed by atoms with E-state index in [1.807, 2.05) is 0 Å². The molecule has 0 spiro atoms. The lowest BCUT2D eigenvalue weighted by Gasteiger charge is -2.18. The maximum Gasteiger partial charge on any atom is 0.422 e. The number of Topliss-reactive ketones (excluding diaryl/α,β-unsaturated/α-hetero) is 1. The number of esters is 1. The van der Waals surface area contributed by atoms with E-state index in [-0.39, 0.29) is 29.0 Å². The molecule has 0 fully saturated rings. The number of aromatic nitrogens is 1. The number of aliphatic carboxylic acids is 1. The third kappa shape index (κ3) is 8.20. The Labute approximate surface area is 177 Å². The Kier molecular flexibility index (Phi) is 11.8. The van der Waals surface area contributed by atoms with Gasteiger partial charge >= 0.3 is 11.9 Å². The summed E-state index contributed by atoms with van der Waals surface area (Å²) in [5.41, 5.74) is 0.119. The normalized spacial score (nSPS) is 11.9. The number of hydrogen-bond acceptors (Lipinski definition) is 7. The molecular weight excluding hydrogens is 390 g/mol. The first-order valence-corrected chi connectivity index (χ1v) is 10.6. The topological polar surface area (TPSA) is 134 Å². The summed E-state index contributed by atoms with van der Waals surface area (Å²) in [6.45, 7) is 3.08. The van der Waals surface area contributed by atoms with Gasteiger partial charge in [-0.25, -0.2) is 9.59 Å². The summed E-state index contributed by atoms with van der Waals surface area (Å²) in [5, 5.41) is 28.9. The number of nitrogens with zero attached hydrogens (tertiary/aromatic N) is 1. The second-order valence-corrected chi connectivity index (χ2v) is 7.41. The minimum absolute atomic E-state index is 0.0988. The number of pyridine rings is 1.